The number of hydrogen-bond acceptors (Lipinski definition) is 4. The van der Waals surface area contributed by atoms with Gasteiger partial charge in [-0.3, -0.25) is 15.4 Å². The molecule has 3 amide bonds. The Kier molecular flexibility index (Phi) is 4.55. The molecular formula is C20H29N3O3. The molecule has 0 saturated heterocycles. The minimum absolute atomic E-state index is 0.0861. The molecule has 4 fully saturated rings. The van der Waals surface area contributed by atoms with Gasteiger partial charge in [-0.2, -0.15) is 0 Å². The van der Waals surface area contributed by atoms with Crippen molar-refractivity contribution in [2.45, 2.75) is 70.0 Å². The van der Waals surface area contributed by atoms with E-state index in [0.717, 1.165) is 42.8 Å². The topological polar surface area (TPSA) is 83.4 Å². The Morgan fingerprint density at radius 1 is 1.12 bits per heavy atom. The van der Waals surface area contributed by atoms with E-state index in [9.17, 15) is 9.59 Å². The zero-order valence-electron chi connectivity index (χ0n) is 15.6. The lowest BCUT2D eigenvalue weighted by Crippen LogP contribution is -2.62. The van der Waals surface area contributed by atoms with Crippen molar-refractivity contribution >= 4 is 11.9 Å². The number of carbonyl (C=O) groups is 2. The SMILES string of the molecule is CC(NC(C)c1ccco1)C(=O)NC(=O)NC12CC3CC(CC(C3)C1)C2. The molecule has 4 aliphatic carbocycles. The lowest BCUT2D eigenvalue weighted by atomic mass is 9.53. The minimum Gasteiger partial charge on any atom is -0.468 e. The summed E-state index contributed by atoms with van der Waals surface area (Å²) in [6.45, 7) is 3.69. The van der Waals surface area contributed by atoms with E-state index >= 15 is 0 Å². The Labute approximate surface area is 154 Å². The van der Waals surface area contributed by atoms with Crippen molar-refractivity contribution in [2.75, 3.05) is 0 Å². The summed E-state index contributed by atoms with van der Waals surface area (Å²) in [5.41, 5.74) is -0.0861. The maximum Gasteiger partial charge on any atom is 0.321 e. The third kappa shape index (κ3) is 3.52. The van der Waals surface area contributed by atoms with Crippen LogP contribution in [-0.2, 0) is 4.79 Å². The Balaban J connectivity index is 1.30. The van der Waals surface area contributed by atoms with E-state index in [1.54, 1.807) is 13.2 Å². The van der Waals surface area contributed by atoms with E-state index in [4.69, 9.17) is 4.42 Å². The highest BCUT2D eigenvalue weighted by molar-refractivity contribution is 5.97. The maximum atomic E-state index is 12.5. The van der Waals surface area contributed by atoms with Crippen molar-refractivity contribution in [3.63, 3.8) is 0 Å². The fourth-order valence-corrected chi connectivity index (χ4v) is 5.83. The molecule has 0 radical (unpaired) electrons. The van der Waals surface area contributed by atoms with Gasteiger partial charge in [-0.15, -0.1) is 0 Å². The van der Waals surface area contributed by atoms with Crippen molar-refractivity contribution < 1.29 is 14.0 Å². The summed E-state index contributed by atoms with van der Waals surface area (Å²) in [6, 6.07) is 2.74. The monoisotopic (exact) mass is 359 g/mol. The molecule has 4 aliphatic rings. The zero-order chi connectivity index (χ0) is 18.3. The molecule has 4 bridgehead atoms. The summed E-state index contributed by atoms with van der Waals surface area (Å²) < 4.78 is 5.34. The molecule has 1 aromatic rings. The van der Waals surface area contributed by atoms with Crippen LogP contribution < -0.4 is 16.0 Å². The molecule has 3 N–H and O–H groups in total. The van der Waals surface area contributed by atoms with Gasteiger partial charge in [0.25, 0.3) is 0 Å². The van der Waals surface area contributed by atoms with E-state index < -0.39 is 6.04 Å². The van der Waals surface area contributed by atoms with Gasteiger partial charge in [0.2, 0.25) is 5.91 Å². The smallest absolute Gasteiger partial charge is 0.321 e. The summed E-state index contributed by atoms with van der Waals surface area (Å²) in [4.78, 5) is 24.8. The molecule has 2 atom stereocenters. The van der Waals surface area contributed by atoms with Crippen molar-refractivity contribution in [3.05, 3.63) is 24.2 Å². The van der Waals surface area contributed by atoms with Gasteiger partial charge in [0, 0.05) is 5.54 Å². The molecule has 26 heavy (non-hydrogen) atoms. The minimum atomic E-state index is -0.489. The van der Waals surface area contributed by atoms with Gasteiger partial charge in [-0.05, 0) is 82.3 Å². The van der Waals surface area contributed by atoms with Gasteiger partial charge < -0.3 is 9.73 Å². The third-order valence-electron chi connectivity index (χ3n) is 6.52. The van der Waals surface area contributed by atoms with Crippen molar-refractivity contribution in [3.8, 4) is 0 Å². The predicted octanol–water partition coefficient (Wildman–Crippen LogP) is 3.11. The van der Waals surface area contributed by atoms with Crippen LogP contribution in [0.25, 0.3) is 0 Å². The van der Waals surface area contributed by atoms with Crippen LogP contribution in [0.1, 0.15) is 64.2 Å². The number of carbonyl (C=O) groups excluding carboxylic acids is 2. The summed E-state index contributed by atoms with van der Waals surface area (Å²) in [6.07, 6.45) is 8.81. The van der Waals surface area contributed by atoms with Crippen molar-refractivity contribution in [1.29, 1.82) is 0 Å². The van der Waals surface area contributed by atoms with Crippen molar-refractivity contribution in [2.24, 2.45) is 17.8 Å². The molecule has 0 aliphatic heterocycles. The number of rotatable bonds is 5. The number of amides is 3. The number of nitrogens with one attached hydrogen (secondary N) is 3. The van der Waals surface area contributed by atoms with Gasteiger partial charge in [0.15, 0.2) is 0 Å². The molecule has 4 saturated carbocycles. The summed E-state index contributed by atoms with van der Waals surface area (Å²) >= 11 is 0. The number of hydrogen-bond donors (Lipinski definition) is 3. The summed E-state index contributed by atoms with van der Waals surface area (Å²) in [5.74, 6) is 2.72. The molecule has 1 aromatic heterocycles. The number of urea groups is 1. The van der Waals surface area contributed by atoms with E-state index in [2.05, 4.69) is 16.0 Å². The first-order valence-corrected chi connectivity index (χ1v) is 9.85. The van der Waals surface area contributed by atoms with E-state index in [1.807, 2.05) is 19.1 Å². The Morgan fingerprint density at radius 2 is 1.73 bits per heavy atom. The standard InChI is InChI=1S/C20H29N3O3/c1-12(17-4-3-5-26-17)21-13(2)18(24)22-19(25)23-20-9-14-6-15(10-20)8-16(7-14)11-20/h3-5,12-16,21H,6-11H2,1-2H3,(H2,22,23,24,25). The van der Waals surface area contributed by atoms with Crippen LogP contribution in [-0.4, -0.2) is 23.5 Å². The highest BCUT2D eigenvalue weighted by atomic mass is 16.3. The predicted molar refractivity (Wildman–Crippen MR) is 97.3 cm³/mol. The first kappa shape index (κ1) is 17.6. The van der Waals surface area contributed by atoms with Gasteiger partial charge in [0.1, 0.15) is 5.76 Å². The Hall–Kier alpha value is -1.82. The molecule has 6 heteroatoms. The second-order valence-electron chi connectivity index (χ2n) is 8.77. The van der Waals surface area contributed by atoms with E-state index in [0.29, 0.717) is 0 Å². The fourth-order valence-electron chi connectivity index (χ4n) is 5.83. The fraction of sp³-hybridized carbons (Fsp3) is 0.700. The first-order valence-electron chi connectivity index (χ1n) is 9.85. The largest absolute Gasteiger partial charge is 0.468 e. The van der Waals surface area contributed by atoms with Crippen LogP contribution in [0.3, 0.4) is 0 Å². The second-order valence-corrected chi connectivity index (χ2v) is 8.77. The Morgan fingerprint density at radius 3 is 2.27 bits per heavy atom. The lowest BCUT2D eigenvalue weighted by molar-refractivity contribution is -0.121. The summed E-state index contributed by atoms with van der Waals surface area (Å²) in [7, 11) is 0. The average molecular weight is 359 g/mol. The van der Waals surface area contributed by atoms with Crippen LogP contribution >= 0.6 is 0 Å². The van der Waals surface area contributed by atoms with Crippen LogP contribution in [0.4, 0.5) is 4.79 Å². The van der Waals surface area contributed by atoms with Crippen molar-refractivity contribution in [1.82, 2.24) is 16.0 Å². The molecular weight excluding hydrogens is 330 g/mol. The molecule has 6 nitrogen and oxygen atoms in total. The lowest BCUT2D eigenvalue weighted by Gasteiger charge is -2.56. The van der Waals surface area contributed by atoms with E-state index in [1.165, 1.54) is 19.3 Å². The van der Waals surface area contributed by atoms with Crippen LogP contribution in [0, 0.1) is 17.8 Å². The zero-order valence-corrected chi connectivity index (χ0v) is 15.6. The highest BCUT2D eigenvalue weighted by Crippen LogP contribution is 2.55. The molecule has 2 unspecified atom stereocenters. The molecule has 142 valence electrons. The molecule has 0 aromatic carbocycles. The van der Waals surface area contributed by atoms with E-state index in [-0.39, 0.29) is 23.5 Å². The maximum absolute atomic E-state index is 12.5. The molecule has 0 spiro atoms. The first-order chi connectivity index (χ1) is 12.4. The normalized spacial score (nSPS) is 34.3. The third-order valence-corrected chi connectivity index (χ3v) is 6.52. The van der Waals surface area contributed by atoms with Crippen LogP contribution in [0.5, 0.6) is 0 Å². The van der Waals surface area contributed by atoms with Gasteiger partial charge in [0.05, 0.1) is 18.3 Å². The second kappa shape index (κ2) is 6.72. The number of furan rings is 1. The molecule has 1 heterocycles. The average Bonchev–Trinajstić information content (AvgIpc) is 3.07. The highest BCUT2D eigenvalue weighted by Gasteiger charge is 2.51. The van der Waals surface area contributed by atoms with Crippen LogP contribution in [0.2, 0.25) is 0 Å². The summed E-state index contributed by atoms with van der Waals surface area (Å²) in [5, 5.41) is 8.86. The van der Waals surface area contributed by atoms with Gasteiger partial charge >= 0.3 is 6.03 Å². The van der Waals surface area contributed by atoms with Crippen LogP contribution in [0.15, 0.2) is 22.8 Å². The quantitative estimate of drug-likeness (QED) is 0.754. The van der Waals surface area contributed by atoms with Gasteiger partial charge in [-0.25, -0.2) is 4.79 Å². The molecule has 5 rings (SSSR count). The number of imide groups is 1. The Bertz CT molecular complexity index is 635. The van der Waals surface area contributed by atoms with Gasteiger partial charge in [-0.1, -0.05) is 0 Å².